The van der Waals surface area contributed by atoms with Crippen LogP contribution in [-0.4, -0.2) is 68.1 Å². The standard InChI is InChI=1S/C57H67ClN4O6/c1-4-11-50-54(47-17-10-19-49(58)31-47)57(60-61(50)32-40-20-24-42(25-21-40)34-67-36-52(63)64)48-18-9-15-45(30-48)39(3)29-51-55(46-16-8-12-38(2)28-46)56(44-13-6-5-7-14-44)59-62(51)33-41-22-26-43(27-23-41)35-68-37-53(65)66/h5-10,12-19,28,30-31,39-43H,4,11,20-27,29,32-37H2,1-3H3,(H,63,64)(H,65,66). The van der Waals surface area contributed by atoms with Gasteiger partial charge in [-0.1, -0.05) is 122 Å². The largest absolute Gasteiger partial charge is 0.480 e. The van der Waals surface area contributed by atoms with Gasteiger partial charge in [0.2, 0.25) is 0 Å². The van der Waals surface area contributed by atoms with Crippen molar-refractivity contribution in [2.24, 2.45) is 23.7 Å². The van der Waals surface area contributed by atoms with Gasteiger partial charge in [-0.25, -0.2) is 9.59 Å². The Morgan fingerprint density at radius 3 is 1.71 bits per heavy atom. The maximum absolute atomic E-state index is 11.1. The summed E-state index contributed by atoms with van der Waals surface area (Å²) in [5.41, 5.74) is 13.6. The number of benzene rings is 4. The van der Waals surface area contributed by atoms with Crippen LogP contribution in [0.5, 0.6) is 0 Å². The summed E-state index contributed by atoms with van der Waals surface area (Å²) in [6.07, 6.45) is 10.9. The Morgan fingerprint density at radius 1 is 0.632 bits per heavy atom. The Bertz CT molecular complexity index is 2620. The number of aliphatic carboxylic acids is 2. The molecule has 0 aliphatic heterocycles. The Morgan fingerprint density at radius 2 is 1.13 bits per heavy atom. The zero-order valence-corrected chi connectivity index (χ0v) is 40.7. The fourth-order valence-corrected chi connectivity index (χ4v) is 10.9. The molecule has 11 heteroatoms. The summed E-state index contributed by atoms with van der Waals surface area (Å²) in [7, 11) is 0. The molecule has 6 aromatic rings. The second-order valence-electron chi connectivity index (χ2n) is 19.5. The number of ether oxygens (including phenoxy) is 2. The van der Waals surface area contributed by atoms with Crippen LogP contribution in [-0.2, 0) is 45.0 Å². The van der Waals surface area contributed by atoms with E-state index < -0.39 is 11.9 Å². The number of carboxylic acids is 2. The molecule has 0 spiro atoms. The van der Waals surface area contributed by atoms with Crippen LogP contribution < -0.4 is 0 Å². The monoisotopic (exact) mass is 938 g/mol. The number of hydrogen-bond donors (Lipinski definition) is 2. The highest BCUT2D eigenvalue weighted by atomic mass is 35.5. The molecule has 0 radical (unpaired) electrons. The Labute approximate surface area is 406 Å². The number of aryl methyl sites for hydroxylation is 1. The first-order valence-electron chi connectivity index (χ1n) is 24.8. The summed E-state index contributed by atoms with van der Waals surface area (Å²) in [4.78, 5) is 22.1. The lowest BCUT2D eigenvalue weighted by Crippen LogP contribution is -2.24. The fraction of sp³-hybridized carbons (Fsp3) is 0.439. The lowest BCUT2D eigenvalue weighted by atomic mass is 9.82. The molecule has 0 bridgehead atoms. The van der Waals surface area contributed by atoms with Gasteiger partial charge in [-0.05, 0) is 136 Å². The Balaban J connectivity index is 1.12. The third-order valence-electron chi connectivity index (χ3n) is 14.3. The molecule has 0 saturated heterocycles. The van der Waals surface area contributed by atoms with E-state index in [0.717, 1.165) is 117 Å². The highest BCUT2D eigenvalue weighted by Crippen LogP contribution is 2.42. The highest BCUT2D eigenvalue weighted by Gasteiger charge is 2.29. The smallest absolute Gasteiger partial charge is 0.329 e. The second kappa shape index (κ2) is 23.2. The number of aromatic nitrogens is 4. The first kappa shape index (κ1) is 48.9. The zero-order valence-electron chi connectivity index (χ0n) is 39.9. The third-order valence-corrected chi connectivity index (χ3v) is 14.5. The summed E-state index contributed by atoms with van der Waals surface area (Å²) in [5.74, 6) is -0.0308. The van der Waals surface area contributed by atoms with Crippen molar-refractivity contribution in [2.75, 3.05) is 26.4 Å². The molecule has 1 atom stereocenters. The fourth-order valence-electron chi connectivity index (χ4n) is 10.7. The van der Waals surface area contributed by atoms with E-state index in [1.54, 1.807) is 0 Å². The lowest BCUT2D eigenvalue weighted by Gasteiger charge is -2.29. The van der Waals surface area contributed by atoms with Crippen molar-refractivity contribution in [2.45, 2.75) is 110 Å². The third kappa shape index (κ3) is 12.4. The van der Waals surface area contributed by atoms with E-state index in [-0.39, 0.29) is 19.1 Å². The van der Waals surface area contributed by atoms with Crippen LogP contribution in [0, 0.1) is 30.6 Å². The molecule has 2 saturated carbocycles. The predicted octanol–water partition coefficient (Wildman–Crippen LogP) is 12.8. The quantitative estimate of drug-likeness (QED) is 0.0730. The molecule has 358 valence electrons. The average Bonchev–Trinajstić information content (AvgIpc) is 3.87. The van der Waals surface area contributed by atoms with Crippen molar-refractivity contribution in [1.82, 2.24) is 19.6 Å². The molecule has 2 fully saturated rings. The van der Waals surface area contributed by atoms with E-state index in [1.807, 2.05) is 12.1 Å². The van der Waals surface area contributed by atoms with Crippen LogP contribution in [0.15, 0.2) is 103 Å². The van der Waals surface area contributed by atoms with Crippen molar-refractivity contribution in [3.8, 4) is 44.8 Å². The van der Waals surface area contributed by atoms with Crippen LogP contribution in [0.1, 0.15) is 100 Å². The van der Waals surface area contributed by atoms with E-state index in [2.05, 4.69) is 121 Å². The number of nitrogens with zero attached hydrogens (tertiary/aromatic N) is 4. The van der Waals surface area contributed by atoms with Gasteiger partial charge >= 0.3 is 11.9 Å². The van der Waals surface area contributed by atoms with E-state index in [1.165, 1.54) is 33.6 Å². The normalized spacial score (nSPS) is 18.9. The molecular formula is C57H67ClN4O6. The highest BCUT2D eigenvalue weighted by molar-refractivity contribution is 6.30. The van der Waals surface area contributed by atoms with Crippen molar-refractivity contribution >= 4 is 23.5 Å². The van der Waals surface area contributed by atoms with Crippen molar-refractivity contribution in [1.29, 1.82) is 0 Å². The van der Waals surface area contributed by atoms with Crippen LogP contribution in [0.25, 0.3) is 44.8 Å². The van der Waals surface area contributed by atoms with Gasteiger partial charge < -0.3 is 19.7 Å². The Hall–Kier alpha value is -5.55. The number of rotatable bonds is 21. The topological polar surface area (TPSA) is 129 Å². The van der Waals surface area contributed by atoms with Crippen molar-refractivity contribution in [3.63, 3.8) is 0 Å². The summed E-state index contributed by atoms with van der Waals surface area (Å²) in [6.45, 7) is 8.88. The van der Waals surface area contributed by atoms with Gasteiger partial charge in [-0.15, -0.1) is 0 Å². The number of carbonyl (C=O) groups is 2. The van der Waals surface area contributed by atoms with E-state index >= 15 is 0 Å². The summed E-state index contributed by atoms with van der Waals surface area (Å²) < 4.78 is 15.6. The number of hydrogen-bond acceptors (Lipinski definition) is 6. The van der Waals surface area contributed by atoms with Gasteiger partial charge in [0.1, 0.15) is 24.6 Å². The minimum atomic E-state index is -0.922. The molecular weight excluding hydrogens is 872 g/mol. The number of carboxylic acid groups (broad SMARTS) is 2. The van der Waals surface area contributed by atoms with Crippen LogP contribution in [0.4, 0.5) is 0 Å². The van der Waals surface area contributed by atoms with Crippen LogP contribution in [0.3, 0.4) is 0 Å². The molecule has 0 amide bonds. The summed E-state index contributed by atoms with van der Waals surface area (Å²) in [5, 5.41) is 29.9. The molecule has 10 nitrogen and oxygen atoms in total. The zero-order chi connectivity index (χ0) is 47.6. The lowest BCUT2D eigenvalue weighted by molar-refractivity contribution is -0.143. The molecule has 8 rings (SSSR count). The van der Waals surface area contributed by atoms with Gasteiger partial charge in [0.15, 0.2) is 0 Å². The molecule has 4 aromatic carbocycles. The maximum atomic E-state index is 11.1. The minimum absolute atomic E-state index is 0.140. The number of halogens is 1. The predicted molar refractivity (Wildman–Crippen MR) is 270 cm³/mol. The summed E-state index contributed by atoms with van der Waals surface area (Å²) in [6, 6.07) is 36.6. The van der Waals surface area contributed by atoms with Crippen molar-refractivity contribution in [3.05, 3.63) is 131 Å². The average molecular weight is 940 g/mol. The van der Waals surface area contributed by atoms with E-state index in [4.69, 9.17) is 41.5 Å². The van der Waals surface area contributed by atoms with Gasteiger partial charge in [0.05, 0.1) is 13.2 Å². The van der Waals surface area contributed by atoms with Gasteiger partial charge in [0.25, 0.3) is 0 Å². The molecule has 2 heterocycles. The molecule has 68 heavy (non-hydrogen) atoms. The van der Waals surface area contributed by atoms with Gasteiger partial charge in [0, 0.05) is 51.8 Å². The first-order valence-corrected chi connectivity index (χ1v) is 25.2. The molecule has 2 N–H and O–H groups in total. The van der Waals surface area contributed by atoms with E-state index in [0.29, 0.717) is 41.9 Å². The molecule has 2 aliphatic carbocycles. The maximum Gasteiger partial charge on any atom is 0.329 e. The van der Waals surface area contributed by atoms with Crippen LogP contribution in [0.2, 0.25) is 5.02 Å². The van der Waals surface area contributed by atoms with Gasteiger partial charge in [-0.3, -0.25) is 9.36 Å². The van der Waals surface area contributed by atoms with E-state index in [9.17, 15) is 9.59 Å². The first-order chi connectivity index (χ1) is 33.0. The second-order valence-corrected chi connectivity index (χ2v) is 20.0. The minimum Gasteiger partial charge on any atom is -0.480 e. The molecule has 2 aromatic heterocycles. The van der Waals surface area contributed by atoms with Crippen molar-refractivity contribution < 1.29 is 29.3 Å². The Kier molecular flexibility index (Phi) is 16.7. The summed E-state index contributed by atoms with van der Waals surface area (Å²) >= 11 is 6.71. The molecule has 2 aliphatic rings. The SMILES string of the molecule is CCCc1c(-c2cccc(Cl)c2)c(-c2cccc(C(C)Cc3c(-c4cccc(C)c4)c(-c4ccccc4)nn3CC3CCC(COCC(=O)O)CC3)c2)nn1CC1CCC(COCC(=O)O)CC1. The van der Waals surface area contributed by atoms with Crippen LogP contribution >= 0.6 is 11.6 Å². The van der Waals surface area contributed by atoms with Gasteiger partial charge in [-0.2, -0.15) is 10.2 Å². The molecule has 1 unspecified atom stereocenters.